The number of aryl methyl sites for hydroxylation is 2. The molecule has 0 aliphatic rings. The van der Waals surface area contributed by atoms with Crippen LogP contribution in [-0.4, -0.2) is 36.5 Å². The van der Waals surface area contributed by atoms with Gasteiger partial charge in [-0.25, -0.2) is 4.98 Å². The van der Waals surface area contributed by atoms with Crippen LogP contribution in [0.25, 0.3) is 12.2 Å². The van der Waals surface area contributed by atoms with Gasteiger partial charge in [-0.3, -0.25) is 4.68 Å². The fourth-order valence-electron chi connectivity index (χ4n) is 3.05. The highest BCUT2D eigenvalue weighted by atomic mass is 19.4. The van der Waals surface area contributed by atoms with Crippen molar-refractivity contribution < 1.29 is 27.1 Å². The number of nitrogens with zero attached hydrogens (tertiary/aromatic N) is 6. The molecule has 0 radical (unpaired) electrons. The van der Waals surface area contributed by atoms with E-state index < -0.39 is 6.36 Å². The molecule has 0 N–H and O–H groups in total. The molecule has 0 saturated carbocycles. The van der Waals surface area contributed by atoms with Gasteiger partial charge < -0.3 is 13.9 Å². The van der Waals surface area contributed by atoms with Gasteiger partial charge in [0.05, 0.1) is 11.9 Å². The van der Waals surface area contributed by atoms with Gasteiger partial charge in [-0.05, 0) is 49.1 Å². The molecule has 0 atom stereocenters. The van der Waals surface area contributed by atoms with Crippen LogP contribution in [0.5, 0.6) is 11.6 Å². The topological polar surface area (TPSA) is 101 Å². The largest absolute Gasteiger partial charge is 0.573 e. The molecule has 3 heterocycles. The van der Waals surface area contributed by atoms with E-state index in [4.69, 9.17) is 9.15 Å². The molecule has 0 amide bonds. The van der Waals surface area contributed by atoms with Crippen molar-refractivity contribution in [1.29, 1.82) is 0 Å². The molecule has 0 bridgehead atoms. The van der Waals surface area contributed by atoms with Gasteiger partial charge in [-0.15, -0.1) is 23.4 Å². The van der Waals surface area contributed by atoms with Crippen LogP contribution in [0, 0.1) is 0 Å². The summed E-state index contributed by atoms with van der Waals surface area (Å²) >= 11 is 0. The molecule has 0 spiro atoms. The van der Waals surface area contributed by atoms with E-state index in [1.165, 1.54) is 30.5 Å². The average molecular weight is 486 g/mol. The number of oxazole rings is 1. The maximum Gasteiger partial charge on any atom is 0.573 e. The first-order chi connectivity index (χ1) is 16.9. The van der Waals surface area contributed by atoms with Crippen molar-refractivity contribution in [3.8, 4) is 11.6 Å². The van der Waals surface area contributed by atoms with Gasteiger partial charge in [0.25, 0.3) is 0 Å². The van der Waals surface area contributed by atoms with Crippen LogP contribution in [0.15, 0.2) is 59.5 Å². The van der Waals surface area contributed by atoms with E-state index in [-0.39, 0.29) is 12.4 Å². The summed E-state index contributed by atoms with van der Waals surface area (Å²) in [4.78, 5) is 4.28. The van der Waals surface area contributed by atoms with Gasteiger partial charge >= 0.3 is 6.36 Å². The lowest BCUT2D eigenvalue weighted by Crippen LogP contribution is -2.16. The number of alkyl halides is 3. The summed E-state index contributed by atoms with van der Waals surface area (Å²) in [6.07, 6.45) is 6.20. The highest BCUT2D eigenvalue weighted by Gasteiger charge is 2.30. The maximum absolute atomic E-state index is 12.2. The highest BCUT2D eigenvalue weighted by Crippen LogP contribution is 2.23. The van der Waals surface area contributed by atoms with Crippen LogP contribution < -0.4 is 9.47 Å². The number of hydrogen-bond acceptors (Lipinski definition) is 8. The summed E-state index contributed by atoms with van der Waals surface area (Å²) in [5.41, 5.74) is 2.09. The molecule has 0 saturated heterocycles. The van der Waals surface area contributed by atoms with Gasteiger partial charge in [-0.2, -0.15) is 5.10 Å². The SMILES string of the molecule is FC(F)(F)Oc1ccc(/C=C/c2nc(COc3ccc(CCCCn4ccnn4)nn3)co2)cc1. The predicted molar refractivity (Wildman–Crippen MR) is 118 cm³/mol. The fraction of sp³-hybridized carbons (Fsp3) is 0.261. The first kappa shape index (κ1) is 23.9. The van der Waals surface area contributed by atoms with E-state index in [1.807, 2.05) is 12.3 Å². The van der Waals surface area contributed by atoms with Crippen LogP contribution in [0.1, 0.15) is 35.7 Å². The summed E-state index contributed by atoms with van der Waals surface area (Å²) in [6, 6.07) is 9.07. The zero-order valence-corrected chi connectivity index (χ0v) is 18.4. The Morgan fingerprint density at radius 2 is 1.83 bits per heavy atom. The number of aromatic nitrogens is 6. The van der Waals surface area contributed by atoms with E-state index in [0.717, 1.165) is 31.5 Å². The third-order valence-corrected chi connectivity index (χ3v) is 4.71. The maximum atomic E-state index is 12.2. The summed E-state index contributed by atoms with van der Waals surface area (Å²) in [5, 5.41) is 16.0. The Kier molecular flexibility index (Phi) is 7.70. The summed E-state index contributed by atoms with van der Waals surface area (Å²) in [7, 11) is 0. The van der Waals surface area contributed by atoms with Crippen molar-refractivity contribution in [3.05, 3.63) is 77.9 Å². The van der Waals surface area contributed by atoms with E-state index in [0.29, 0.717) is 23.0 Å². The molecule has 0 fully saturated rings. The predicted octanol–water partition coefficient (Wildman–Crippen LogP) is 4.73. The molecule has 4 aromatic rings. The van der Waals surface area contributed by atoms with Crippen molar-refractivity contribution in [2.45, 2.75) is 38.8 Å². The molecule has 35 heavy (non-hydrogen) atoms. The van der Waals surface area contributed by atoms with Gasteiger partial charge in [0.2, 0.25) is 11.8 Å². The van der Waals surface area contributed by atoms with E-state index in [1.54, 1.807) is 29.1 Å². The minimum Gasteiger partial charge on any atom is -0.470 e. The highest BCUT2D eigenvalue weighted by molar-refractivity contribution is 5.66. The lowest BCUT2D eigenvalue weighted by Gasteiger charge is -2.08. The van der Waals surface area contributed by atoms with Gasteiger partial charge in [0.1, 0.15) is 24.3 Å². The first-order valence-electron chi connectivity index (χ1n) is 10.7. The van der Waals surface area contributed by atoms with Gasteiger partial charge in [0.15, 0.2) is 0 Å². The van der Waals surface area contributed by atoms with E-state index in [2.05, 4.69) is 30.2 Å². The molecule has 9 nitrogen and oxygen atoms in total. The molecule has 0 aliphatic carbocycles. The second kappa shape index (κ2) is 11.3. The molecule has 0 aliphatic heterocycles. The van der Waals surface area contributed by atoms with Crippen LogP contribution in [0.3, 0.4) is 0 Å². The van der Waals surface area contributed by atoms with Gasteiger partial charge in [0, 0.05) is 24.9 Å². The monoisotopic (exact) mass is 486 g/mol. The first-order valence-corrected chi connectivity index (χ1v) is 10.7. The standard InChI is InChI=1S/C23H21F3N6O3/c24-23(25,26)35-20-8-4-17(5-9-20)6-10-21-28-19(15-33-21)16-34-22-11-7-18(29-30-22)3-1-2-13-32-14-12-27-31-32/h4-12,14-15H,1-3,13,16H2/b10-6+. The zero-order chi connectivity index (χ0) is 24.5. The number of unbranched alkanes of at least 4 members (excludes halogenated alkanes) is 1. The summed E-state index contributed by atoms with van der Waals surface area (Å²) in [6.45, 7) is 0.958. The molecule has 1 aromatic carbocycles. The third-order valence-electron chi connectivity index (χ3n) is 4.71. The Bertz CT molecular complexity index is 1210. The Hall–Kier alpha value is -4.22. The molecule has 0 unspecified atom stereocenters. The third kappa shape index (κ3) is 7.95. The Morgan fingerprint density at radius 3 is 2.54 bits per heavy atom. The normalized spacial score (nSPS) is 11.7. The molecular weight excluding hydrogens is 465 g/mol. The number of rotatable bonds is 11. The number of ether oxygens (including phenoxy) is 2. The molecule has 182 valence electrons. The van der Waals surface area contributed by atoms with Crippen molar-refractivity contribution in [3.63, 3.8) is 0 Å². The Labute approximate surface area is 198 Å². The van der Waals surface area contributed by atoms with E-state index >= 15 is 0 Å². The average Bonchev–Trinajstić information content (AvgIpc) is 3.52. The van der Waals surface area contributed by atoms with Crippen LogP contribution in [-0.2, 0) is 19.6 Å². The minimum absolute atomic E-state index is 0.146. The minimum atomic E-state index is -4.72. The Balaban J connectivity index is 1.20. The fourth-order valence-corrected chi connectivity index (χ4v) is 3.05. The van der Waals surface area contributed by atoms with Crippen LogP contribution in [0.2, 0.25) is 0 Å². The zero-order valence-electron chi connectivity index (χ0n) is 18.4. The van der Waals surface area contributed by atoms with Crippen molar-refractivity contribution in [2.75, 3.05) is 0 Å². The van der Waals surface area contributed by atoms with E-state index in [9.17, 15) is 13.2 Å². The summed E-state index contributed by atoms with van der Waals surface area (Å²) < 4.78 is 53.3. The molecule has 4 rings (SSSR count). The number of hydrogen-bond donors (Lipinski definition) is 0. The molecule has 12 heteroatoms. The lowest BCUT2D eigenvalue weighted by molar-refractivity contribution is -0.274. The quantitative estimate of drug-likeness (QED) is 0.281. The second-order valence-corrected chi connectivity index (χ2v) is 7.40. The molecule has 3 aromatic heterocycles. The van der Waals surface area contributed by atoms with Crippen molar-refractivity contribution >= 4 is 12.2 Å². The number of benzene rings is 1. The van der Waals surface area contributed by atoms with Crippen LogP contribution in [0.4, 0.5) is 13.2 Å². The lowest BCUT2D eigenvalue weighted by atomic mass is 10.2. The number of halogens is 3. The smallest absolute Gasteiger partial charge is 0.470 e. The van der Waals surface area contributed by atoms with Crippen molar-refractivity contribution in [1.82, 2.24) is 30.2 Å². The Morgan fingerprint density at radius 1 is 0.971 bits per heavy atom. The summed E-state index contributed by atoms with van der Waals surface area (Å²) in [5.74, 6) is 0.411. The second-order valence-electron chi connectivity index (χ2n) is 7.40. The van der Waals surface area contributed by atoms with Crippen molar-refractivity contribution in [2.24, 2.45) is 0 Å². The van der Waals surface area contributed by atoms with Crippen LogP contribution >= 0.6 is 0 Å². The van der Waals surface area contributed by atoms with Gasteiger partial charge in [-0.1, -0.05) is 17.3 Å². The molecular formula is C23H21F3N6O3.